The molecule has 0 spiro atoms. The van der Waals surface area contributed by atoms with Crippen LogP contribution in [-0.4, -0.2) is 35.3 Å². The van der Waals surface area contributed by atoms with Crippen molar-refractivity contribution in [3.8, 4) is 11.4 Å². The predicted molar refractivity (Wildman–Crippen MR) is 75.9 cm³/mol. The number of sulfone groups is 1. The molecule has 6 nitrogen and oxygen atoms in total. The SMILES string of the molecule is CC(C)(C)Cc1cccc(S(C)(=O)=O)c1-c1nnn[nH]1. The molecule has 0 bridgehead atoms. The Morgan fingerprint density at radius 2 is 1.95 bits per heavy atom. The summed E-state index contributed by atoms with van der Waals surface area (Å²) >= 11 is 0. The highest BCUT2D eigenvalue weighted by Gasteiger charge is 2.23. The van der Waals surface area contributed by atoms with Crippen LogP contribution in [0.15, 0.2) is 23.1 Å². The second kappa shape index (κ2) is 4.97. The second-order valence-corrected chi connectivity index (χ2v) is 8.03. The summed E-state index contributed by atoms with van der Waals surface area (Å²) in [7, 11) is -3.35. The van der Waals surface area contributed by atoms with E-state index in [1.807, 2.05) is 6.07 Å². The molecule has 1 aromatic carbocycles. The highest BCUT2D eigenvalue weighted by molar-refractivity contribution is 7.90. The summed E-state index contributed by atoms with van der Waals surface area (Å²) in [6.07, 6.45) is 1.92. The molecule has 0 unspecified atom stereocenters. The molecule has 2 aromatic rings. The minimum atomic E-state index is -3.35. The molecular weight excluding hydrogens is 276 g/mol. The standard InChI is InChI=1S/C13H18N4O2S/c1-13(2,3)8-9-6-5-7-10(20(4,18)19)11(9)12-14-16-17-15-12/h5-7H,8H2,1-4H3,(H,14,15,16,17). The summed E-state index contributed by atoms with van der Waals surface area (Å²) in [6, 6.07) is 5.25. The lowest BCUT2D eigenvalue weighted by molar-refractivity contribution is 0.411. The minimum absolute atomic E-state index is 0.0261. The topological polar surface area (TPSA) is 88.6 Å². The van der Waals surface area contributed by atoms with E-state index in [1.165, 1.54) is 6.26 Å². The monoisotopic (exact) mass is 294 g/mol. The first-order valence-electron chi connectivity index (χ1n) is 6.24. The van der Waals surface area contributed by atoms with Gasteiger partial charge < -0.3 is 0 Å². The van der Waals surface area contributed by atoms with E-state index in [9.17, 15) is 8.42 Å². The zero-order chi connectivity index (χ0) is 15.0. The summed E-state index contributed by atoms with van der Waals surface area (Å²) in [5.74, 6) is 0.380. The molecule has 0 saturated carbocycles. The van der Waals surface area contributed by atoms with Gasteiger partial charge in [0.2, 0.25) is 0 Å². The normalized spacial score (nSPS) is 12.6. The van der Waals surface area contributed by atoms with Crippen LogP contribution in [0.4, 0.5) is 0 Å². The molecule has 0 aliphatic carbocycles. The highest BCUT2D eigenvalue weighted by atomic mass is 32.2. The maximum absolute atomic E-state index is 12.0. The largest absolute Gasteiger partial charge is 0.239 e. The predicted octanol–water partition coefficient (Wildman–Crippen LogP) is 1.86. The zero-order valence-electron chi connectivity index (χ0n) is 12.0. The van der Waals surface area contributed by atoms with E-state index in [1.54, 1.807) is 12.1 Å². The highest BCUT2D eigenvalue weighted by Crippen LogP contribution is 2.32. The fraction of sp³-hybridized carbons (Fsp3) is 0.462. The van der Waals surface area contributed by atoms with Crippen LogP contribution in [0.2, 0.25) is 0 Å². The van der Waals surface area contributed by atoms with E-state index in [4.69, 9.17) is 0 Å². The van der Waals surface area contributed by atoms with Gasteiger partial charge in [0.05, 0.1) is 4.90 Å². The van der Waals surface area contributed by atoms with Gasteiger partial charge in [-0.1, -0.05) is 32.9 Å². The van der Waals surface area contributed by atoms with Gasteiger partial charge in [0.1, 0.15) is 0 Å². The van der Waals surface area contributed by atoms with E-state index in [0.717, 1.165) is 12.0 Å². The van der Waals surface area contributed by atoms with Crippen LogP contribution < -0.4 is 0 Å². The lowest BCUT2D eigenvalue weighted by atomic mass is 9.86. The Bertz CT molecular complexity index is 700. The summed E-state index contributed by atoms with van der Waals surface area (Å²) in [6.45, 7) is 6.30. The van der Waals surface area contributed by atoms with Gasteiger partial charge in [0, 0.05) is 11.8 Å². The average Bonchev–Trinajstić information content (AvgIpc) is 2.78. The van der Waals surface area contributed by atoms with E-state index in [0.29, 0.717) is 11.4 Å². The van der Waals surface area contributed by atoms with Crippen LogP contribution in [0.5, 0.6) is 0 Å². The number of nitrogens with zero attached hydrogens (tertiary/aromatic N) is 3. The molecular formula is C13H18N4O2S. The van der Waals surface area contributed by atoms with Gasteiger partial charge in [-0.25, -0.2) is 13.5 Å². The van der Waals surface area contributed by atoms with Crippen molar-refractivity contribution in [2.45, 2.75) is 32.1 Å². The molecule has 0 radical (unpaired) electrons. The van der Waals surface area contributed by atoms with Gasteiger partial charge in [0.15, 0.2) is 15.7 Å². The lowest BCUT2D eigenvalue weighted by Crippen LogP contribution is -2.12. The summed E-state index contributed by atoms with van der Waals surface area (Å²) in [4.78, 5) is 0.248. The van der Waals surface area contributed by atoms with Crippen molar-refractivity contribution in [2.75, 3.05) is 6.26 Å². The van der Waals surface area contributed by atoms with E-state index in [-0.39, 0.29) is 10.3 Å². The smallest absolute Gasteiger partial charge is 0.181 e. The van der Waals surface area contributed by atoms with Gasteiger partial charge in [-0.2, -0.15) is 0 Å². The fourth-order valence-corrected chi connectivity index (χ4v) is 3.06. The molecule has 7 heteroatoms. The molecule has 108 valence electrons. The lowest BCUT2D eigenvalue weighted by Gasteiger charge is -2.20. The number of aromatic amines is 1. The molecule has 0 saturated heterocycles. The summed E-state index contributed by atoms with van der Waals surface area (Å²) in [5.41, 5.74) is 1.51. The number of tetrazole rings is 1. The third-order valence-corrected chi connectivity index (χ3v) is 3.95. The quantitative estimate of drug-likeness (QED) is 0.933. The van der Waals surface area contributed by atoms with Crippen LogP contribution in [0, 0.1) is 5.41 Å². The molecule has 0 atom stereocenters. The van der Waals surface area contributed by atoms with Crippen LogP contribution in [-0.2, 0) is 16.3 Å². The molecule has 1 N–H and O–H groups in total. The number of nitrogens with one attached hydrogen (secondary N) is 1. The zero-order valence-corrected chi connectivity index (χ0v) is 12.8. The molecule has 0 amide bonds. The first-order chi connectivity index (χ1) is 9.18. The van der Waals surface area contributed by atoms with Crippen molar-refractivity contribution < 1.29 is 8.42 Å². The van der Waals surface area contributed by atoms with Crippen LogP contribution in [0.25, 0.3) is 11.4 Å². The average molecular weight is 294 g/mol. The number of rotatable bonds is 3. The fourth-order valence-electron chi connectivity index (χ4n) is 2.14. The first-order valence-corrected chi connectivity index (χ1v) is 8.14. The molecule has 2 rings (SSSR count). The van der Waals surface area contributed by atoms with E-state index < -0.39 is 9.84 Å². The molecule has 1 heterocycles. The Labute approximate surface area is 118 Å². The van der Waals surface area contributed by atoms with Crippen LogP contribution in [0.1, 0.15) is 26.3 Å². The minimum Gasteiger partial charge on any atom is -0.239 e. The third kappa shape index (κ3) is 3.22. The Hall–Kier alpha value is -1.76. The number of benzene rings is 1. The van der Waals surface area contributed by atoms with Crippen LogP contribution >= 0.6 is 0 Å². The summed E-state index contributed by atoms with van der Waals surface area (Å²) in [5, 5.41) is 13.6. The number of aromatic nitrogens is 4. The van der Waals surface area contributed by atoms with Crippen molar-refractivity contribution in [3.63, 3.8) is 0 Å². The van der Waals surface area contributed by atoms with Crippen molar-refractivity contribution in [2.24, 2.45) is 5.41 Å². The van der Waals surface area contributed by atoms with Gasteiger partial charge in [-0.15, -0.1) is 5.10 Å². The van der Waals surface area contributed by atoms with Gasteiger partial charge >= 0.3 is 0 Å². The molecule has 0 aliphatic heterocycles. The summed E-state index contributed by atoms with van der Waals surface area (Å²) < 4.78 is 24.0. The molecule has 20 heavy (non-hydrogen) atoms. The van der Waals surface area contributed by atoms with E-state index >= 15 is 0 Å². The number of hydrogen-bond donors (Lipinski definition) is 1. The third-order valence-electron chi connectivity index (χ3n) is 2.81. The van der Waals surface area contributed by atoms with Gasteiger partial charge in [0.25, 0.3) is 0 Å². The van der Waals surface area contributed by atoms with Crippen molar-refractivity contribution in [1.82, 2.24) is 20.6 Å². The van der Waals surface area contributed by atoms with Crippen molar-refractivity contribution >= 4 is 9.84 Å². The molecule has 0 fully saturated rings. The number of H-pyrrole nitrogens is 1. The van der Waals surface area contributed by atoms with E-state index in [2.05, 4.69) is 41.4 Å². The Kier molecular flexibility index (Phi) is 3.64. The molecule has 0 aliphatic rings. The van der Waals surface area contributed by atoms with Crippen molar-refractivity contribution in [3.05, 3.63) is 23.8 Å². The molecule has 1 aromatic heterocycles. The van der Waals surface area contributed by atoms with Crippen LogP contribution in [0.3, 0.4) is 0 Å². The number of hydrogen-bond acceptors (Lipinski definition) is 5. The van der Waals surface area contributed by atoms with Crippen molar-refractivity contribution in [1.29, 1.82) is 0 Å². The maximum Gasteiger partial charge on any atom is 0.181 e. The Morgan fingerprint density at radius 1 is 1.25 bits per heavy atom. The van der Waals surface area contributed by atoms with Gasteiger partial charge in [-0.3, -0.25) is 0 Å². The second-order valence-electron chi connectivity index (χ2n) is 6.05. The first kappa shape index (κ1) is 14.6. The van der Waals surface area contributed by atoms with Gasteiger partial charge in [-0.05, 0) is 33.9 Å². The Balaban J connectivity index is 2.70. The maximum atomic E-state index is 12.0. The Morgan fingerprint density at radius 3 is 2.45 bits per heavy atom.